The maximum absolute atomic E-state index is 12.9. The van der Waals surface area contributed by atoms with E-state index in [4.69, 9.17) is 42.1 Å². The molecule has 0 unspecified atom stereocenters. The van der Waals surface area contributed by atoms with Crippen LogP contribution in [0.2, 0.25) is 10.0 Å². The first kappa shape index (κ1) is 26.1. The molecule has 37 heavy (non-hydrogen) atoms. The Morgan fingerprint density at radius 1 is 0.838 bits per heavy atom. The van der Waals surface area contributed by atoms with E-state index < -0.39 is 11.9 Å². The summed E-state index contributed by atoms with van der Waals surface area (Å²) in [6.07, 6.45) is 0. The number of halogens is 2. The van der Waals surface area contributed by atoms with Crippen LogP contribution in [0, 0.1) is 0 Å². The number of carbonyl (C=O) groups excluding carboxylic acids is 2. The summed E-state index contributed by atoms with van der Waals surface area (Å²) >= 11 is 12.9. The van der Waals surface area contributed by atoms with Crippen LogP contribution in [0.25, 0.3) is 16.9 Å². The van der Waals surface area contributed by atoms with Gasteiger partial charge in [0.05, 0.1) is 32.0 Å². The molecule has 0 N–H and O–H groups in total. The van der Waals surface area contributed by atoms with Gasteiger partial charge in [-0.25, -0.2) is 14.3 Å². The number of para-hydroxylation sites is 1. The Kier molecular flexibility index (Phi) is 8.01. The van der Waals surface area contributed by atoms with Crippen molar-refractivity contribution in [2.45, 2.75) is 6.61 Å². The summed E-state index contributed by atoms with van der Waals surface area (Å²) in [5.74, 6) is -0.875. The molecule has 0 saturated carbocycles. The highest BCUT2D eigenvalue weighted by molar-refractivity contribution is 6.34. The third-order valence-corrected chi connectivity index (χ3v) is 6.19. The minimum atomic E-state index is -0.785. The largest absolute Gasteiger partial charge is 0.493 e. The predicted octanol–water partition coefficient (Wildman–Crippen LogP) is 6.01. The van der Waals surface area contributed by atoms with E-state index in [9.17, 15) is 9.59 Å². The fourth-order valence-corrected chi connectivity index (χ4v) is 4.14. The third kappa shape index (κ3) is 5.26. The Balaban J connectivity index is 1.86. The lowest BCUT2D eigenvalue weighted by atomic mass is 10.0. The van der Waals surface area contributed by atoms with Gasteiger partial charge in [0.25, 0.3) is 0 Å². The predicted molar refractivity (Wildman–Crippen MR) is 139 cm³/mol. The summed E-state index contributed by atoms with van der Waals surface area (Å²) in [6, 6.07) is 19.3. The van der Waals surface area contributed by atoms with Gasteiger partial charge in [-0.05, 0) is 24.3 Å². The van der Waals surface area contributed by atoms with Crippen LogP contribution in [0.5, 0.6) is 11.5 Å². The summed E-state index contributed by atoms with van der Waals surface area (Å²) in [5, 5.41) is 5.34. The van der Waals surface area contributed by atoms with Crippen molar-refractivity contribution in [3.05, 3.63) is 93.6 Å². The minimum absolute atomic E-state index is 0.105. The van der Waals surface area contributed by atoms with Crippen LogP contribution in [-0.4, -0.2) is 43.0 Å². The van der Waals surface area contributed by atoms with Gasteiger partial charge in [0, 0.05) is 22.2 Å². The second-order valence-electron chi connectivity index (χ2n) is 7.67. The third-order valence-electron chi connectivity index (χ3n) is 5.50. The molecule has 190 valence electrons. The quantitative estimate of drug-likeness (QED) is 0.253. The number of methoxy groups -OCH3 is 3. The zero-order valence-corrected chi connectivity index (χ0v) is 21.7. The van der Waals surface area contributed by atoms with E-state index in [1.54, 1.807) is 42.5 Å². The molecule has 0 aliphatic heterocycles. The number of benzene rings is 3. The Hall–Kier alpha value is -4.01. The summed E-state index contributed by atoms with van der Waals surface area (Å²) < 4.78 is 22.7. The Bertz CT molecular complexity index is 1450. The van der Waals surface area contributed by atoms with Crippen LogP contribution in [0.15, 0.2) is 66.7 Å². The number of carbonyl (C=O) groups is 2. The van der Waals surface area contributed by atoms with Crippen LogP contribution >= 0.6 is 23.2 Å². The van der Waals surface area contributed by atoms with Gasteiger partial charge in [-0.3, -0.25) is 0 Å². The van der Waals surface area contributed by atoms with Gasteiger partial charge in [-0.15, -0.1) is 0 Å². The molecule has 0 aliphatic carbocycles. The highest BCUT2D eigenvalue weighted by Gasteiger charge is 2.32. The zero-order chi connectivity index (χ0) is 26.5. The fraction of sp³-hybridized carbons (Fsp3) is 0.148. The van der Waals surface area contributed by atoms with E-state index in [-0.39, 0.29) is 28.6 Å². The van der Waals surface area contributed by atoms with Gasteiger partial charge < -0.3 is 18.9 Å². The molecular formula is C27H22Cl2N2O6. The molecule has 1 heterocycles. The zero-order valence-electron chi connectivity index (χ0n) is 20.2. The average Bonchev–Trinajstić information content (AvgIpc) is 3.32. The van der Waals surface area contributed by atoms with Gasteiger partial charge in [-0.1, -0.05) is 59.6 Å². The maximum atomic E-state index is 12.9. The van der Waals surface area contributed by atoms with E-state index >= 15 is 0 Å². The topological polar surface area (TPSA) is 88.9 Å². The van der Waals surface area contributed by atoms with E-state index in [1.165, 1.54) is 26.0 Å². The highest BCUT2D eigenvalue weighted by Crippen LogP contribution is 2.41. The smallest absolute Gasteiger partial charge is 0.357 e. The van der Waals surface area contributed by atoms with Crippen LogP contribution in [0.1, 0.15) is 26.4 Å². The second-order valence-corrected chi connectivity index (χ2v) is 8.48. The van der Waals surface area contributed by atoms with E-state index in [0.29, 0.717) is 27.8 Å². The molecule has 0 atom stereocenters. The lowest BCUT2D eigenvalue weighted by molar-refractivity contribution is 0.0549. The summed E-state index contributed by atoms with van der Waals surface area (Å²) in [4.78, 5) is 25.7. The molecule has 4 rings (SSSR count). The number of hydrogen-bond donors (Lipinski definition) is 0. The summed E-state index contributed by atoms with van der Waals surface area (Å²) in [5.41, 5.74) is 1.53. The first-order valence-electron chi connectivity index (χ1n) is 11.0. The average molecular weight is 541 g/mol. The molecule has 0 spiro atoms. The van der Waals surface area contributed by atoms with E-state index in [2.05, 4.69) is 5.10 Å². The molecule has 8 nitrogen and oxygen atoms in total. The second kappa shape index (κ2) is 11.4. The van der Waals surface area contributed by atoms with Crippen LogP contribution in [0.4, 0.5) is 0 Å². The molecule has 10 heteroatoms. The molecule has 3 aromatic carbocycles. The molecule has 0 amide bonds. The SMILES string of the molecule is COC(=O)c1c(-c2cc(OC)c(OCc3ccccc3Cl)cc2Cl)nn(-c2ccccc2)c1C(=O)OC. The normalized spacial score (nSPS) is 10.6. The van der Waals surface area contributed by atoms with Gasteiger partial charge in [0.15, 0.2) is 17.2 Å². The number of aromatic nitrogens is 2. The van der Waals surface area contributed by atoms with Gasteiger partial charge in [0.1, 0.15) is 17.9 Å². The number of rotatable bonds is 8. The molecule has 0 fully saturated rings. The Morgan fingerprint density at radius 2 is 1.51 bits per heavy atom. The highest BCUT2D eigenvalue weighted by atomic mass is 35.5. The van der Waals surface area contributed by atoms with Crippen LogP contribution in [0.3, 0.4) is 0 Å². The van der Waals surface area contributed by atoms with Crippen molar-refractivity contribution < 1.29 is 28.5 Å². The Labute approximate surface area is 223 Å². The minimum Gasteiger partial charge on any atom is -0.493 e. The first-order valence-corrected chi connectivity index (χ1v) is 11.7. The lowest BCUT2D eigenvalue weighted by Gasteiger charge is -2.14. The van der Waals surface area contributed by atoms with Crippen LogP contribution < -0.4 is 9.47 Å². The van der Waals surface area contributed by atoms with Crippen molar-refractivity contribution in [1.82, 2.24) is 9.78 Å². The Morgan fingerprint density at radius 3 is 2.16 bits per heavy atom. The van der Waals surface area contributed by atoms with Crippen molar-refractivity contribution in [2.24, 2.45) is 0 Å². The van der Waals surface area contributed by atoms with Gasteiger partial charge in [-0.2, -0.15) is 5.10 Å². The maximum Gasteiger partial charge on any atom is 0.357 e. The van der Waals surface area contributed by atoms with Gasteiger partial charge in [0.2, 0.25) is 0 Å². The van der Waals surface area contributed by atoms with Crippen molar-refractivity contribution in [1.29, 1.82) is 0 Å². The molecule has 0 radical (unpaired) electrons. The number of hydrogen-bond acceptors (Lipinski definition) is 7. The van der Waals surface area contributed by atoms with E-state index in [1.807, 2.05) is 24.3 Å². The van der Waals surface area contributed by atoms with Crippen molar-refractivity contribution >= 4 is 35.1 Å². The van der Waals surface area contributed by atoms with Crippen molar-refractivity contribution in [3.63, 3.8) is 0 Å². The molecule has 4 aromatic rings. The molecule has 0 saturated heterocycles. The standard InChI is InChI=1S/C27H22Cl2N2O6/c1-34-21-13-18(20(29)14-22(21)37-15-16-9-7-8-12-19(16)28)24-23(26(32)35-2)25(27(33)36-3)31(30-24)17-10-5-4-6-11-17/h4-14H,15H2,1-3H3. The van der Waals surface area contributed by atoms with E-state index in [0.717, 1.165) is 5.56 Å². The number of ether oxygens (including phenoxy) is 4. The van der Waals surface area contributed by atoms with Gasteiger partial charge >= 0.3 is 11.9 Å². The van der Waals surface area contributed by atoms with Crippen LogP contribution in [-0.2, 0) is 16.1 Å². The molecule has 0 bridgehead atoms. The molecule has 0 aliphatic rings. The van der Waals surface area contributed by atoms with Crippen molar-refractivity contribution in [3.8, 4) is 28.4 Å². The first-order chi connectivity index (χ1) is 17.9. The lowest BCUT2D eigenvalue weighted by Crippen LogP contribution is -2.15. The molecular weight excluding hydrogens is 519 g/mol. The monoisotopic (exact) mass is 540 g/mol. The summed E-state index contributed by atoms with van der Waals surface area (Å²) in [6.45, 7) is 0.175. The fourth-order valence-electron chi connectivity index (χ4n) is 3.70. The van der Waals surface area contributed by atoms with Crippen molar-refractivity contribution in [2.75, 3.05) is 21.3 Å². The number of esters is 2. The number of nitrogens with zero attached hydrogens (tertiary/aromatic N) is 2. The summed E-state index contributed by atoms with van der Waals surface area (Å²) in [7, 11) is 3.90. The molecule has 1 aromatic heterocycles.